The van der Waals surface area contributed by atoms with Gasteiger partial charge >= 0.3 is 0 Å². The van der Waals surface area contributed by atoms with Crippen molar-refractivity contribution in [2.45, 2.75) is 38.3 Å². The monoisotopic (exact) mass is 392 g/mol. The molecule has 148 valence electrons. The highest BCUT2D eigenvalue weighted by molar-refractivity contribution is 7.91. The molecule has 4 rings (SSSR count). The number of para-hydroxylation sites is 1. The molecule has 1 aromatic rings. The number of carbonyl (C=O) groups is 1. The maximum Gasteiger partial charge on any atom is 0.278 e. The van der Waals surface area contributed by atoms with E-state index in [1.807, 2.05) is 4.90 Å². The van der Waals surface area contributed by atoms with Gasteiger partial charge < -0.3 is 14.7 Å². The molecule has 2 heterocycles. The maximum atomic E-state index is 13.0. The van der Waals surface area contributed by atoms with Crippen molar-refractivity contribution in [2.75, 3.05) is 49.1 Å². The molecular formula is C20H30N3O3S+. The van der Waals surface area contributed by atoms with Crippen LogP contribution in [0.1, 0.15) is 24.8 Å². The summed E-state index contributed by atoms with van der Waals surface area (Å²) in [7, 11) is -2.96. The van der Waals surface area contributed by atoms with Gasteiger partial charge in [0, 0.05) is 17.8 Å². The number of rotatable bonds is 5. The minimum absolute atomic E-state index is 0.0948. The van der Waals surface area contributed by atoms with Crippen molar-refractivity contribution in [1.82, 2.24) is 4.90 Å². The molecule has 1 saturated carbocycles. The van der Waals surface area contributed by atoms with Gasteiger partial charge in [0.05, 0.1) is 37.7 Å². The lowest BCUT2D eigenvalue weighted by Crippen LogP contribution is -3.16. The smallest absolute Gasteiger partial charge is 0.278 e. The molecule has 3 aliphatic rings. The number of piperazine rings is 1. The van der Waals surface area contributed by atoms with Crippen LogP contribution in [0, 0.1) is 6.92 Å². The summed E-state index contributed by atoms with van der Waals surface area (Å²) in [4.78, 5) is 18.7. The number of quaternary nitrogens is 1. The molecule has 1 aromatic carbocycles. The molecule has 2 aliphatic heterocycles. The average molecular weight is 393 g/mol. The second-order valence-corrected chi connectivity index (χ2v) is 10.5. The summed E-state index contributed by atoms with van der Waals surface area (Å²) in [5.74, 6) is 0.542. The molecule has 0 radical (unpaired) electrons. The Labute approximate surface area is 162 Å². The van der Waals surface area contributed by atoms with E-state index in [4.69, 9.17) is 0 Å². The molecule has 7 heteroatoms. The zero-order valence-electron chi connectivity index (χ0n) is 16.1. The molecule has 1 atom stereocenters. The molecule has 2 saturated heterocycles. The van der Waals surface area contributed by atoms with E-state index in [9.17, 15) is 13.2 Å². The van der Waals surface area contributed by atoms with Crippen molar-refractivity contribution in [2.24, 2.45) is 0 Å². The van der Waals surface area contributed by atoms with E-state index < -0.39 is 9.84 Å². The van der Waals surface area contributed by atoms with Crippen molar-refractivity contribution >= 4 is 21.4 Å². The summed E-state index contributed by atoms with van der Waals surface area (Å²) in [6.07, 6.45) is 2.67. The highest BCUT2D eigenvalue weighted by Crippen LogP contribution is 2.32. The van der Waals surface area contributed by atoms with Gasteiger partial charge in [-0.25, -0.2) is 8.42 Å². The predicted octanol–water partition coefficient (Wildman–Crippen LogP) is -0.122. The number of hydrogen-bond donors (Lipinski definition) is 1. The van der Waals surface area contributed by atoms with Gasteiger partial charge in [-0.3, -0.25) is 4.79 Å². The molecule has 6 nitrogen and oxygen atoms in total. The Bertz CT molecular complexity index is 798. The number of nitrogens with one attached hydrogen (secondary N) is 1. The number of hydrogen-bond acceptors (Lipinski definition) is 4. The summed E-state index contributed by atoms with van der Waals surface area (Å²) in [6, 6.07) is 8.64. The van der Waals surface area contributed by atoms with E-state index >= 15 is 0 Å². The van der Waals surface area contributed by atoms with Crippen LogP contribution in [0.3, 0.4) is 0 Å². The topological polar surface area (TPSA) is 62.1 Å². The third kappa shape index (κ3) is 4.29. The van der Waals surface area contributed by atoms with Crippen molar-refractivity contribution < 1.29 is 18.1 Å². The van der Waals surface area contributed by atoms with Crippen molar-refractivity contribution in [3.63, 3.8) is 0 Å². The lowest BCUT2D eigenvalue weighted by atomic mass is 10.1. The Morgan fingerprint density at radius 1 is 1.15 bits per heavy atom. The van der Waals surface area contributed by atoms with E-state index in [1.54, 1.807) is 0 Å². The van der Waals surface area contributed by atoms with Gasteiger partial charge in [0.1, 0.15) is 0 Å². The van der Waals surface area contributed by atoms with Crippen molar-refractivity contribution in [3.8, 4) is 0 Å². The largest absolute Gasteiger partial charge is 0.360 e. The maximum absolute atomic E-state index is 13.0. The summed E-state index contributed by atoms with van der Waals surface area (Å²) < 4.78 is 23.7. The highest BCUT2D eigenvalue weighted by Gasteiger charge is 2.43. The number of anilines is 1. The number of amides is 1. The Hall–Kier alpha value is -1.60. The lowest BCUT2D eigenvalue weighted by Gasteiger charge is -2.36. The average Bonchev–Trinajstić information content (AvgIpc) is 3.39. The predicted molar refractivity (Wildman–Crippen MR) is 106 cm³/mol. The second-order valence-electron chi connectivity index (χ2n) is 8.29. The van der Waals surface area contributed by atoms with Gasteiger partial charge in [-0.05, 0) is 37.8 Å². The molecule has 0 spiro atoms. The van der Waals surface area contributed by atoms with Crippen LogP contribution in [0.2, 0.25) is 0 Å². The van der Waals surface area contributed by atoms with Gasteiger partial charge in [0.2, 0.25) is 0 Å². The first-order chi connectivity index (χ1) is 12.9. The Morgan fingerprint density at radius 2 is 1.85 bits per heavy atom. The molecule has 0 bridgehead atoms. The normalized spacial score (nSPS) is 25.5. The van der Waals surface area contributed by atoms with E-state index in [-0.39, 0.29) is 29.5 Å². The van der Waals surface area contributed by atoms with Gasteiger partial charge in [0.15, 0.2) is 16.4 Å². The highest BCUT2D eigenvalue weighted by atomic mass is 32.2. The molecular weight excluding hydrogens is 362 g/mol. The zero-order chi connectivity index (χ0) is 19.0. The third-order valence-corrected chi connectivity index (χ3v) is 7.91. The molecule has 3 fully saturated rings. The summed E-state index contributed by atoms with van der Waals surface area (Å²) in [6.45, 7) is 6.43. The van der Waals surface area contributed by atoms with Gasteiger partial charge in [-0.15, -0.1) is 0 Å². The minimum Gasteiger partial charge on any atom is -0.360 e. The van der Waals surface area contributed by atoms with Crippen LogP contribution >= 0.6 is 0 Å². The number of carbonyl (C=O) groups excluding carboxylic acids is 1. The van der Waals surface area contributed by atoms with E-state index in [0.29, 0.717) is 13.0 Å². The van der Waals surface area contributed by atoms with E-state index in [0.717, 1.165) is 39.0 Å². The van der Waals surface area contributed by atoms with Crippen LogP contribution < -0.4 is 9.80 Å². The number of aryl methyl sites for hydroxylation is 1. The Balaban J connectivity index is 1.34. The van der Waals surface area contributed by atoms with Gasteiger partial charge in [-0.2, -0.15) is 0 Å². The summed E-state index contributed by atoms with van der Waals surface area (Å²) in [5, 5.41) is 0. The number of nitrogens with zero attached hydrogens (tertiary/aromatic N) is 2. The van der Waals surface area contributed by atoms with Crippen LogP contribution in [0.4, 0.5) is 5.69 Å². The first-order valence-electron chi connectivity index (χ1n) is 10.1. The van der Waals surface area contributed by atoms with Crippen LogP contribution in [0.25, 0.3) is 0 Å². The standard InChI is InChI=1S/C20H29N3O3S/c1-16-4-2-3-5-19(16)22-11-9-21(10-12-22)14-20(24)23(17-6-7-17)18-8-13-27(25,26)15-18/h2-5,17-18H,6-15H2,1H3/p+1/t18-/m0/s1. The van der Waals surface area contributed by atoms with Gasteiger partial charge in [0.25, 0.3) is 5.91 Å². The van der Waals surface area contributed by atoms with E-state index in [1.165, 1.54) is 16.2 Å². The van der Waals surface area contributed by atoms with E-state index in [2.05, 4.69) is 36.1 Å². The molecule has 1 amide bonds. The fourth-order valence-corrected chi connectivity index (χ4v) is 6.23. The lowest BCUT2D eigenvalue weighted by molar-refractivity contribution is -0.892. The number of sulfone groups is 1. The van der Waals surface area contributed by atoms with Crippen molar-refractivity contribution in [1.29, 1.82) is 0 Å². The van der Waals surface area contributed by atoms with Crippen LogP contribution in [0.5, 0.6) is 0 Å². The molecule has 1 N–H and O–H groups in total. The Morgan fingerprint density at radius 3 is 2.44 bits per heavy atom. The zero-order valence-corrected chi connectivity index (χ0v) is 16.9. The molecule has 0 unspecified atom stereocenters. The summed E-state index contributed by atoms with van der Waals surface area (Å²) >= 11 is 0. The molecule has 1 aliphatic carbocycles. The fraction of sp³-hybridized carbons (Fsp3) is 0.650. The van der Waals surface area contributed by atoms with Gasteiger partial charge in [-0.1, -0.05) is 18.2 Å². The van der Waals surface area contributed by atoms with Crippen molar-refractivity contribution in [3.05, 3.63) is 29.8 Å². The second kappa shape index (κ2) is 7.43. The Kier molecular flexibility index (Phi) is 5.16. The SMILES string of the molecule is Cc1ccccc1N1CC[NH+](CC(=O)N(C2CC2)[C@H]2CCS(=O)(=O)C2)CC1. The molecule has 27 heavy (non-hydrogen) atoms. The third-order valence-electron chi connectivity index (χ3n) is 6.16. The summed E-state index contributed by atoms with van der Waals surface area (Å²) in [5.41, 5.74) is 2.58. The fourth-order valence-electron chi connectivity index (χ4n) is 4.52. The first-order valence-corrected chi connectivity index (χ1v) is 11.9. The minimum atomic E-state index is -2.96. The first kappa shape index (κ1) is 18.7. The number of benzene rings is 1. The quantitative estimate of drug-likeness (QED) is 0.759. The van der Waals surface area contributed by atoms with Crippen LogP contribution in [-0.4, -0.2) is 75.5 Å². The van der Waals surface area contributed by atoms with Crippen LogP contribution in [0.15, 0.2) is 24.3 Å². The van der Waals surface area contributed by atoms with Crippen LogP contribution in [-0.2, 0) is 14.6 Å². The molecule has 0 aromatic heterocycles.